The van der Waals surface area contributed by atoms with Crippen LogP contribution >= 0.6 is 0 Å². The third-order valence-electron chi connectivity index (χ3n) is 6.40. The maximum atomic E-state index is 12.6. The van der Waals surface area contributed by atoms with E-state index < -0.39 is 18.0 Å². The van der Waals surface area contributed by atoms with E-state index in [1.54, 1.807) is 36.7 Å². The Morgan fingerprint density at radius 3 is 2.29 bits per heavy atom. The Labute approximate surface area is 201 Å². The molecule has 0 unspecified atom stereocenters. The molecule has 4 aromatic rings. The van der Waals surface area contributed by atoms with Gasteiger partial charge in [-0.2, -0.15) is 0 Å². The molecule has 0 spiro atoms. The molecule has 0 radical (unpaired) electrons. The van der Waals surface area contributed by atoms with Crippen LogP contribution in [0.3, 0.4) is 0 Å². The number of aromatic carboxylic acids is 1. The molecule has 0 amide bonds. The average Bonchev–Trinajstić information content (AvgIpc) is 3.22. The molecule has 35 heavy (non-hydrogen) atoms. The number of aliphatic carboxylic acids is 1. The van der Waals surface area contributed by atoms with E-state index in [0.29, 0.717) is 49.6 Å². The summed E-state index contributed by atoms with van der Waals surface area (Å²) in [6.07, 6.45) is 5.24. The summed E-state index contributed by atoms with van der Waals surface area (Å²) in [6, 6.07) is 15.6. The predicted molar refractivity (Wildman–Crippen MR) is 131 cm³/mol. The van der Waals surface area contributed by atoms with Crippen molar-refractivity contribution >= 4 is 28.8 Å². The van der Waals surface area contributed by atoms with Crippen LogP contribution in [-0.2, 0) is 11.3 Å². The average molecular weight is 472 g/mol. The van der Waals surface area contributed by atoms with Crippen LogP contribution in [0.1, 0.15) is 27.5 Å². The number of anilines is 1. The van der Waals surface area contributed by atoms with E-state index >= 15 is 0 Å². The maximum absolute atomic E-state index is 12.6. The van der Waals surface area contributed by atoms with E-state index in [-0.39, 0.29) is 5.56 Å². The van der Waals surface area contributed by atoms with Gasteiger partial charge in [-0.05, 0) is 29.8 Å². The van der Waals surface area contributed by atoms with Crippen molar-refractivity contribution in [1.82, 2.24) is 19.4 Å². The van der Waals surface area contributed by atoms with Crippen LogP contribution in [0.25, 0.3) is 10.9 Å². The summed E-state index contributed by atoms with van der Waals surface area (Å²) in [7, 11) is 0. The quantitative estimate of drug-likeness (QED) is 0.423. The number of nitrogens with zero attached hydrogens (tertiary/aromatic N) is 5. The Bertz CT molecular complexity index is 1350. The van der Waals surface area contributed by atoms with Gasteiger partial charge in [0.2, 0.25) is 5.95 Å². The van der Waals surface area contributed by atoms with E-state index in [1.807, 2.05) is 50.9 Å². The predicted octanol–water partition coefficient (Wildman–Crippen LogP) is 3.13. The van der Waals surface area contributed by atoms with Gasteiger partial charge >= 0.3 is 11.9 Å². The van der Waals surface area contributed by atoms with Gasteiger partial charge in [-0.3, -0.25) is 9.69 Å². The Morgan fingerprint density at radius 1 is 0.914 bits per heavy atom. The van der Waals surface area contributed by atoms with Gasteiger partial charge in [0.25, 0.3) is 0 Å². The lowest BCUT2D eigenvalue weighted by Gasteiger charge is -2.37. The molecule has 1 aliphatic heterocycles. The molecule has 5 rings (SSSR count). The fourth-order valence-electron chi connectivity index (χ4n) is 4.71. The van der Waals surface area contributed by atoms with Crippen LogP contribution in [0.4, 0.5) is 5.95 Å². The summed E-state index contributed by atoms with van der Waals surface area (Å²) in [5.41, 5.74) is 2.60. The molecule has 1 atom stereocenters. The number of hydrogen-bond donors (Lipinski definition) is 2. The first-order chi connectivity index (χ1) is 17.0. The standard InChI is InChI=1S/C26H25N5O4/c32-24(33)19-7-8-22-20(15-19)21(17-31(22)16-18-5-2-1-3-6-18)23(25(34)35)29-11-13-30(14-12-29)26-27-9-4-10-28-26/h1-10,15,17,23H,11-14,16H2,(H,32,33)(H,34,35)/t23-/m0/s1. The minimum atomic E-state index is -1.04. The molecule has 9 nitrogen and oxygen atoms in total. The first-order valence-electron chi connectivity index (χ1n) is 11.4. The second-order valence-electron chi connectivity index (χ2n) is 8.55. The molecule has 0 aliphatic carbocycles. The second kappa shape index (κ2) is 9.55. The third kappa shape index (κ3) is 4.58. The normalized spacial score (nSPS) is 15.3. The fourth-order valence-corrected chi connectivity index (χ4v) is 4.71. The molecular weight excluding hydrogens is 446 g/mol. The maximum Gasteiger partial charge on any atom is 0.335 e. The summed E-state index contributed by atoms with van der Waals surface area (Å²) >= 11 is 0. The highest BCUT2D eigenvalue weighted by Crippen LogP contribution is 2.33. The molecule has 0 bridgehead atoms. The van der Waals surface area contributed by atoms with E-state index in [0.717, 1.165) is 11.1 Å². The van der Waals surface area contributed by atoms with Gasteiger partial charge in [-0.15, -0.1) is 0 Å². The van der Waals surface area contributed by atoms with E-state index in [4.69, 9.17) is 0 Å². The fraction of sp³-hybridized carbons (Fsp3) is 0.231. The lowest BCUT2D eigenvalue weighted by molar-refractivity contribution is -0.143. The second-order valence-corrected chi connectivity index (χ2v) is 8.55. The van der Waals surface area contributed by atoms with E-state index in [9.17, 15) is 19.8 Å². The molecule has 2 aromatic carbocycles. The number of benzene rings is 2. The lowest BCUT2D eigenvalue weighted by atomic mass is 10.0. The molecule has 3 heterocycles. The van der Waals surface area contributed by atoms with Gasteiger partial charge in [-0.1, -0.05) is 30.3 Å². The Morgan fingerprint density at radius 2 is 1.63 bits per heavy atom. The van der Waals surface area contributed by atoms with Crippen molar-refractivity contribution in [1.29, 1.82) is 0 Å². The number of carboxylic acids is 2. The van der Waals surface area contributed by atoms with Gasteiger partial charge in [0.1, 0.15) is 6.04 Å². The zero-order chi connectivity index (χ0) is 24.4. The number of aromatic nitrogens is 3. The van der Waals surface area contributed by atoms with Gasteiger partial charge in [0, 0.05) is 67.8 Å². The Kier molecular flexibility index (Phi) is 6.15. The zero-order valence-corrected chi connectivity index (χ0v) is 19.0. The van der Waals surface area contributed by atoms with E-state index in [2.05, 4.69) is 9.97 Å². The van der Waals surface area contributed by atoms with Crippen LogP contribution in [0, 0.1) is 0 Å². The molecule has 1 fully saturated rings. The van der Waals surface area contributed by atoms with Crippen LogP contribution in [0.15, 0.2) is 73.2 Å². The van der Waals surface area contributed by atoms with Crippen LogP contribution < -0.4 is 4.90 Å². The summed E-state index contributed by atoms with van der Waals surface area (Å²) < 4.78 is 2.00. The molecule has 2 N–H and O–H groups in total. The smallest absolute Gasteiger partial charge is 0.335 e. The number of hydrogen-bond acceptors (Lipinski definition) is 6. The van der Waals surface area contributed by atoms with Crippen LogP contribution in [-0.4, -0.2) is 67.8 Å². The van der Waals surface area contributed by atoms with Crippen molar-refractivity contribution in [2.24, 2.45) is 0 Å². The molecule has 1 aliphatic rings. The van der Waals surface area contributed by atoms with Gasteiger partial charge in [0.15, 0.2) is 0 Å². The summed E-state index contributed by atoms with van der Waals surface area (Å²) in [5.74, 6) is -1.38. The molecule has 9 heteroatoms. The highest BCUT2D eigenvalue weighted by Gasteiger charge is 2.33. The molecular formula is C26H25N5O4. The number of carbonyl (C=O) groups is 2. The largest absolute Gasteiger partial charge is 0.480 e. The highest BCUT2D eigenvalue weighted by atomic mass is 16.4. The monoisotopic (exact) mass is 471 g/mol. The number of fused-ring (bicyclic) bond motifs is 1. The topological polar surface area (TPSA) is 112 Å². The molecule has 2 aromatic heterocycles. The highest BCUT2D eigenvalue weighted by molar-refractivity contribution is 5.96. The van der Waals surface area contributed by atoms with Crippen molar-refractivity contribution in [3.8, 4) is 0 Å². The zero-order valence-electron chi connectivity index (χ0n) is 19.0. The molecule has 178 valence electrons. The van der Waals surface area contributed by atoms with Crippen molar-refractivity contribution in [2.45, 2.75) is 12.6 Å². The molecule has 1 saturated heterocycles. The minimum absolute atomic E-state index is 0.131. The first kappa shape index (κ1) is 22.5. The van der Waals surface area contributed by atoms with Crippen LogP contribution in [0.2, 0.25) is 0 Å². The minimum Gasteiger partial charge on any atom is -0.480 e. The van der Waals surface area contributed by atoms with E-state index in [1.165, 1.54) is 0 Å². The van der Waals surface area contributed by atoms with Gasteiger partial charge < -0.3 is 19.7 Å². The van der Waals surface area contributed by atoms with Crippen LogP contribution in [0.5, 0.6) is 0 Å². The number of rotatable bonds is 7. The van der Waals surface area contributed by atoms with Crippen molar-refractivity contribution in [2.75, 3.05) is 31.1 Å². The van der Waals surface area contributed by atoms with Gasteiger partial charge in [-0.25, -0.2) is 14.8 Å². The lowest BCUT2D eigenvalue weighted by Crippen LogP contribution is -2.49. The van der Waals surface area contributed by atoms with Gasteiger partial charge in [0.05, 0.1) is 5.56 Å². The summed E-state index contributed by atoms with van der Waals surface area (Å²) in [6.45, 7) is 2.77. The van der Waals surface area contributed by atoms with Crippen molar-refractivity contribution in [3.63, 3.8) is 0 Å². The van der Waals surface area contributed by atoms with Crippen molar-refractivity contribution in [3.05, 3.63) is 89.9 Å². The number of carboxylic acid groups (broad SMARTS) is 2. The Hall–Kier alpha value is -4.24. The number of piperazine rings is 1. The first-order valence-corrected chi connectivity index (χ1v) is 11.4. The van der Waals surface area contributed by atoms with Crippen molar-refractivity contribution < 1.29 is 19.8 Å². The molecule has 0 saturated carbocycles. The third-order valence-corrected chi connectivity index (χ3v) is 6.40. The summed E-state index contributed by atoms with van der Waals surface area (Å²) in [5, 5.41) is 20.5. The SMILES string of the molecule is O=C(O)c1ccc2c(c1)c([C@@H](C(=O)O)N1CCN(c3ncccn3)CC1)cn2Cc1ccccc1. The summed E-state index contributed by atoms with van der Waals surface area (Å²) in [4.78, 5) is 36.8. The Balaban J connectivity index is 1.51.